The quantitative estimate of drug-likeness (QED) is 0.653. The molecule has 94 valence electrons. The number of fused-ring (bicyclic) bond motifs is 1. The second-order valence-corrected chi connectivity index (χ2v) is 5.14. The number of hydrogen-bond acceptors (Lipinski definition) is 2. The number of rotatable bonds is 1. The molecule has 0 radical (unpaired) electrons. The first-order valence-electron chi connectivity index (χ1n) is 6.22. The van der Waals surface area contributed by atoms with Gasteiger partial charge in [0, 0.05) is 16.5 Å². The second kappa shape index (κ2) is 4.59. The fourth-order valence-corrected chi connectivity index (χ4v) is 2.49. The van der Waals surface area contributed by atoms with Gasteiger partial charge < -0.3 is 4.98 Å². The lowest BCUT2D eigenvalue weighted by atomic mass is 10.1. The highest BCUT2D eigenvalue weighted by Crippen LogP contribution is 2.22. The fourth-order valence-electron chi connectivity index (χ4n) is 2.23. The lowest BCUT2D eigenvalue weighted by Gasteiger charge is -2.07. The highest BCUT2D eigenvalue weighted by Gasteiger charge is 2.06. The smallest absolute Gasteiger partial charge is 0.139 e. The summed E-state index contributed by atoms with van der Waals surface area (Å²) in [7, 11) is 0. The Hall–Kier alpha value is -2.00. The molecular weight excluding hydrogens is 252 g/mol. The standard InChI is InChI=1S/C16H14N2S/c1-10-7-8-14-13(9-10)16(19)18-15(17-14)12-6-4-3-5-11(12)2/h3-9H,1-2H3,(H,17,18,19). The Kier molecular flexibility index (Phi) is 2.91. The first kappa shape index (κ1) is 12.1. The van der Waals surface area contributed by atoms with E-state index in [1.54, 1.807) is 0 Å². The first-order chi connectivity index (χ1) is 9.15. The number of nitrogens with one attached hydrogen (secondary N) is 1. The second-order valence-electron chi connectivity index (χ2n) is 4.75. The van der Waals surface area contributed by atoms with Crippen molar-refractivity contribution in [2.45, 2.75) is 13.8 Å². The molecule has 2 aromatic carbocycles. The normalized spacial score (nSPS) is 10.8. The summed E-state index contributed by atoms with van der Waals surface area (Å²) >= 11 is 5.41. The van der Waals surface area contributed by atoms with Crippen LogP contribution in [0.2, 0.25) is 0 Å². The molecule has 2 nitrogen and oxygen atoms in total. The Balaban J connectivity index is 2.31. The van der Waals surface area contributed by atoms with Crippen molar-refractivity contribution in [1.29, 1.82) is 0 Å². The lowest BCUT2D eigenvalue weighted by molar-refractivity contribution is 1.20. The third-order valence-corrected chi connectivity index (χ3v) is 3.58. The summed E-state index contributed by atoms with van der Waals surface area (Å²) in [4.78, 5) is 7.91. The van der Waals surface area contributed by atoms with E-state index in [2.05, 4.69) is 54.1 Å². The zero-order valence-electron chi connectivity index (χ0n) is 10.9. The van der Waals surface area contributed by atoms with Gasteiger partial charge in [-0.3, -0.25) is 0 Å². The SMILES string of the molecule is Cc1ccc2[nH]c(-c3ccccc3C)nc(=S)c2c1. The summed E-state index contributed by atoms with van der Waals surface area (Å²) in [5.41, 5.74) is 4.50. The Morgan fingerprint density at radius 2 is 1.84 bits per heavy atom. The van der Waals surface area contributed by atoms with Gasteiger partial charge in [-0.1, -0.05) is 48.1 Å². The van der Waals surface area contributed by atoms with Crippen LogP contribution in [-0.2, 0) is 0 Å². The van der Waals surface area contributed by atoms with Crippen molar-refractivity contribution in [1.82, 2.24) is 9.97 Å². The molecule has 3 heteroatoms. The van der Waals surface area contributed by atoms with E-state index in [-0.39, 0.29) is 0 Å². The van der Waals surface area contributed by atoms with E-state index in [1.165, 1.54) is 11.1 Å². The lowest BCUT2D eigenvalue weighted by Crippen LogP contribution is -1.93. The predicted molar refractivity (Wildman–Crippen MR) is 81.8 cm³/mol. The van der Waals surface area contributed by atoms with Crippen molar-refractivity contribution in [2.75, 3.05) is 0 Å². The molecule has 0 aliphatic rings. The molecule has 3 aromatic rings. The molecule has 0 saturated heterocycles. The van der Waals surface area contributed by atoms with Crippen LogP contribution in [0.1, 0.15) is 11.1 Å². The summed E-state index contributed by atoms with van der Waals surface area (Å²) in [5.74, 6) is 0.833. The van der Waals surface area contributed by atoms with Gasteiger partial charge in [-0.05, 0) is 31.5 Å². The molecule has 0 amide bonds. The van der Waals surface area contributed by atoms with Crippen LogP contribution in [0.15, 0.2) is 42.5 Å². The topological polar surface area (TPSA) is 28.7 Å². The Morgan fingerprint density at radius 3 is 2.63 bits per heavy atom. The van der Waals surface area contributed by atoms with Gasteiger partial charge in [0.1, 0.15) is 10.5 Å². The molecule has 1 aromatic heterocycles. The van der Waals surface area contributed by atoms with Crippen molar-refractivity contribution in [3.05, 3.63) is 58.2 Å². The summed E-state index contributed by atoms with van der Waals surface area (Å²) in [6.45, 7) is 4.14. The monoisotopic (exact) mass is 266 g/mol. The molecule has 1 N–H and O–H groups in total. The Bertz CT molecular complexity index is 818. The fraction of sp³-hybridized carbons (Fsp3) is 0.125. The summed E-state index contributed by atoms with van der Waals surface area (Å²) in [6.07, 6.45) is 0. The maximum Gasteiger partial charge on any atom is 0.139 e. The summed E-state index contributed by atoms with van der Waals surface area (Å²) in [6, 6.07) is 14.4. The zero-order chi connectivity index (χ0) is 13.4. The molecular formula is C16H14N2S. The largest absolute Gasteiger partial charge is 0.339 e. The minimum Gasteiger partial charge on any atom is -0.339 e. The van der Waals surface area contributed by atoms with Gasteiger partial charge in [0.05, 0.1) is 0 Å². The van der Waals surface area contributed by atoms with Crippen molar-refractivity contribution in [3.63, 3.8) is 0 Å². The maximum atomic E-state index is 5.41. The molecule has 0 bridgehead atoms. The molecule has 1 heterocycles. The number of aromatic nitrogens is 2. The first-order valence-corrected chi connectivity index (χ1v) is 6.62. The number of H-pyrrole nitrogens is 1. The minimum absolute atomic E-state index is 0.649. The maximum absolute atomic E-state index is 5.41. The molecule has 0 atom stereocenters. The van der Waals surface area contributed by atoms with E-state index in [4.69, 9.17) is 12.2 Å². The van der Waals surface area contributed by atoms with Crippen LogP contribution in [0.5, 0.6) is 0 Å². The number of nitrogens with zero attached hydrogens (tertiary/aromatic N) is 1. The van der Waals surface area contributed by atoms with Crippen molar-refractivity contribution < 1.29 is 0 Å². The average Bonchev–Trinajstić information content (AvgIpc) is 2.40. The van der Waals surface area contributed by atoms with Crippen LogP contribution >= 0.6 is 12.2 Å². The number of aryl methyl sites for hydroxylation is 2. The predicted octanol–water partition coefficient (Wildman–Crippen LogP) is 4.58. The van der Waals surface area contributed by atoms with E-state index in [9.17, 15) is 0 Å². The van der Waals surface area contributed by atoms with Gasteiger partial charge in [-0.2, -0.15) is 0 Å². The molecule has 19 heavy (non-hydrogen) atoms. The molecule has 0 fully saturated rings. The minimum atomic E-state index is 0.649. The van der Waals surface area contributed by atoms with Gasteiger partial charge in [0.15, 0.2) is 0 Å². The van der Waals surface area contributed by atoms with Crippen LogP contribution in [0, 0.1) is 18.5 Å². The molecule has 0 aliphatic heterocycles. The van der Waals surface area contributed by atoms with Gasteiger partial charge in [0.25, 0.3) is 0 Å². The molecule has 0 saturated carbocycles. The van der Waals surface area contributed by atoms with Crippen LogP contribution in [0.25, 0.3) is 22.3 Å². The summed E-state index contributed by atoms with van der Waals surface area (Å²) < 4.78 is 0.649. The van der Waals surface area contributed by atoms with Gasteiger partial charge in [-0.15, -0.1) is 0 Å². The highest BCUT2D eigenvalue weighted by atomic mass is 32.1. The van der Waals surface area contributed by atoms with Crippen LogP contribution in [-0.4, -0.2) is 9.97 Å². The number of benzene rings is 2. The molecule has 3 rings (SSSR count). The number of hydrogen-bond donors (Lipinski definition) is 1. The number of aromatic amines is 1. The molecule has 0 unspecified atom stereocenters. The summed E-state index contributed by atoms with van der Waals surface area (Å²) in [5, 5.41) is 1.01. The Morgan fingerprint density at radius 1 is 1.05 bits per heavy atom. The van der Waals surface area contributed by atoms with Crippen molar-refractivity contribution >= 4 is 23.1 Å². The third kappa shape index (κ3) is 2.17. The molecule has 0 spiro atoms. The van der Waals surface area contributed by atoms with E-state index in [0.29, 0.717) is 4.64 Å². The van der Waals surface area contributed by atoms with Gasteiger partial charge >= 0.3 is 0 Å². The third-order valence-electron chi connectivity index (χ3n) is 3.27. The van der Waals surface area contributed by atoms with Crippen LogP contribution in [0.4, 0.5) is 0 Å². The van der Waals surface area contributed by atoms with Gasteiger partial charge in [-0.25, -0.2) is 4.98 Å². The molecule has 0 aliphatic carbocycles. The van der Waals surface area contributed by atoms with Gasteiger partial charge in [0.2, 0.25) is 0 Å². The van der Waals surface area contributed by atoms with Crippen LogP contribution < -0.4 is 0 Å². The van der Waals surface area contributed by atoms with Crippen molar-refractivity contribution in [3.8, 4) is 11.4 Å². The van der Waals surface area contributed by atoms with E-state index < -0.39 is 0 Å². The highest BCUT2D eigenvalue weighted by molar-refractivity contribution is 7.71. The Labute approximate surface area is 117 Å². The average molecular weight is 266 g/mol. The van der Waals surface area contributed by atoms with E-state index in [1.807, 2.05) is 12.1 Å². The van der Waals surface area contributed by atoms with E-state index in [0.717, 1.165) is 22.3 Å². The zero-order valence-corrected chi connectivity index (χ0v) is 11.7. The van der Waals surface area contributed by atoms with Crippen LogP contribution in [0.3, 0.4) is 0 Å². The van der Waals surface area contributed by atoms with E-state index >= 15 is 0 Å². The van der Waals surface area contributed by atoms with Crippen molar-refractivity contribution in [2.24, 2.45) is 0 Å².